The number of aliphatic imine (C=N–C) groups is 1. The zero-order valence-corrected chi connectivity index (χ0v) is 22.0. The molecule has 0 bridgehead atoms. The lowest BCUT2D eigenvalue weighted by Crippen LogP contribution is -2.53. The highest BCUT2D eigenvalue weighted by Gasteiger charge is 2.23. The number of guanidine groups is 1. The van der Waals surface area contributed by atoms with E-state index in [1.165, 1.54) is 6.54 Å². The third-order valence-electron chi connectivity index (χ3n) is 4.77. The fraction of sp³-hybridized carbons (Fsp3) is 0.905. The van der Waals surface area contributed by atoms with Gasteiger partial charge in [0, 0.05) is 39.3 Å². The molecule has 0 aromatic heterocycles. The fourth-order valence-corrected chi connectivity index (χ4v) is 3.28. The minimum Gasteiger partial charge on any atom is -0.444 e. The predicted octanol–water partition coefficient (Wildman–Crippen LogP) is 3.44. The van der Waals surface area contributed by atoms with Gasteiger partial charge in [0.2, 0.25) is 0 Å². The molecule has 0 aliphatic carbocycles. The molecule has 0 saturated carbocycles. The van der Waals surface area contributed by atoms with E-state index in [0.29, 0.717) is 18.5 Å². The van der Waals surface area contributed by atoms with Crippen LogP contribution in [0.15, 0.2) is 4.99 Å². The molecular formula is C21H44IN5O2. The molecule has 172 valence electrons. The highest BCUT2D eigenvalue weighted by atomic mass is 127. The number of piperidine rings is 1. The second kappa shape index (κ2) is 13.5. The largest absolute Gasteiger partial charge is 0.444 e. The predicted molar refractivity (Wildman–Crippen MR) is 132 cm³/mol. The van der Waals surface area contributed by atoms with Crippen molar-refractivity contribution in [2.45, 2.75) is 79.0 Å². The summed E-state index contributed by atoms with van der Waals surface area (Å²) < 4.78 is 5.38. The average molecular weight is 526 g/mol. The van der Waals surface area contributed by atoms with E-state index in [0.717, 1.165) is 31.9 Å². The first-order valence-electron chi connectivity index (χ1n) is 10.7. The van der Waals surface area contributed by atoms with E-state index >= 15 is 0 Å². The van der Waals surface area contributed by atoms with Gasteiger partial charge < -0.3 is 25.6 Å². The van der Waals surface area contributed by atoms with Crippen molar-refractivity contribution in [2.75, 3.05) is 33.2 Å². The third-order valence-corrected chi connectivity index (χ3v) is 4.77. The summed E-state index contributed by atoms with van der Waals surface area (Å²) >= 11 is 0. The van der Waals surface area contributed by atoms with Crippen LogP contribution < -0.4 is 16.0 Å². The van der Waals surface area contributed by atoms with Crippen molar-refractivity contribution >= 4 is 36.0 Å². The van der Waals surface area contributed by atoms with E-state index in [-0.39, 0.29) is 42.0 Å². The van der Waals surface area contributed by atoms with Gasteiger partial charge in [-0.2, -0.15) is 0 Å². The second-order valence-corrected chi connectivity index (χ2v) is 9.56. The molecule has 0 aromatic carbocycles. The summed E-state index contributed by atoms with van der Waals surface area (Å²) in [6.07, 6.45) is 1.86. The van der Waals surface area contributed by atoms with Crippen LogP contribution in [0.1, 0.15) is 61.3 Å². The van der Waals surface area contributed by atoms with Crippen LogP contribution in [0.4, 0.5) is 4.79 Å². The quantitative estimate of drug-likeness (QED) is 0.270. The molecule has 0 spiro atoms. The maximum atomic E-state index is 12.1. The maximum absolute atomic E-state index is 12.1. The summed E-state index contributed by atoms with van der Waals surface area (Å²) in [6.45, 7) is 18.3. The zero-order valence-electron chi connectivity index (χ0n) is 19.7. The minimum absolute atomic E-state index is 0. The number of rotatable bonds is 7. The number of nitrogens with one attached hydrogen (secondary N) is 3. The Balaban J connectivity index is 0.00000784. The number of hydrogen-bond acceptors (Lipinski definition) is 4. The average Bonchev–Trinajstić information content (AvgIpc) is 2.56. The van der Waals surface area contributed by atoms with Crippen molar-refractivity contribution in [1.82, 2.24) is 20.9 Å². The molecule has 3 N–H and O–H groups in total. The molecule has 29 heavy (non-hydrogen) atoms. The van der Waals surface area contributed by atoms with Gasteiger partial charge in [0.15, 0.2) is 5.96 Å². The number of ether oxygens (including phenoxy) is 1. The first-order chi connectivity index (χ1) is 13.0. The molecule has 1 fully saturated rings. The van der Waals surface area contributed by atoms with E-state index in [1.807, 2.05) is 20.8 Å². The highest BCUT2D eigenvalue weighted by Crippen LogP contribution is 2.12. The fourth-order valence-electron chi connectivity index (χ4n) is 3.28. The first kappa shape index (κ1) is 28.2. The molecule has 7 nitrogen and oxygen atoms in total. The Morgan fingerprint density at radius 2 is 1.76 bits per heavy atom. The van der Waals surface area contributed by atoms with Gasteiger partial charge in [-0.1, -0.05) is 27.7 Å². The van der Waals surface area contributed by atoms with Crippen LogP contribution in [-0.2, 0) is 4.74 Å². The lowest BCUT2D eigenvalue weighted by atomic mass is 10.0. The smallest absolute Gasteiger partial charge is 0.407 e. The van der Waals surface area contributed by atoms with Crippen molar-refractivity contribution in [1.29, 1.82) is 0 Å². The van der Waals surface area contributed by atoms with E-state index in [9.17, 15) is 4.79 Å². The van der Waals surface area contributed by atoms with Crippen LogP contribution in [0.2, 0.25) is 0 Å². The maximum Gasteiger partial charge on any atom is 0.407 e. The molecule has 1 heterocycles. The monoisotopic (exact) mass is 525 g/mol. The number of likely N-dealkylation sites (tertiary alicyclic amines) is 1. The van der Waals surface area contributed by atoms with Gasteiger partial charge in [0.25, 0.3) is 0 Å². The highest BCUT2D eigenvalue weighted by molar-refractivity contribution is 14.0. The number of hydrogen-bond donors (Lipinski definition) is 3. The van der Waals surface area contributed by atoms with Crippen molar-refractivity contribution < 1.29 is 9.53 Å². The van der Waals surface area contributed by atoms with Crippen LogP contribution in [0.3, 0.4) is 0 Å². The van der Waals surface area contributed by atoms with E-state index in [2.05, 4.69) is 53.5 Å². The Labute approximate surface area is 195 Å². The standard InChI is InChI=1S/C21H43N5O2.HI/c1-15(2)14-26-11-9-17(10-12-26)24-19(22-8)23-13-18(16(3)4)25-20(27)28-21(5,6)7;/h15-18H,9-14H2,1-8H3,(H,25,27)(H2,22,23,24);1H. The van der Waals surface area contributed by atoms with Crippen LogP contribution >= 0.6 is 24.0 Å². The SMILES string of the molecule is CN=C(NCC(NC(=O)OC(C)(C)C)C(C)C)NC1CCN(CC(C)C)CC1.I. The van der Waals surface area contributed by atoms with Crippen molar-refractivity contribution in [2.24, 2.45) is 16.8 Å². The number of amides is 1. The zero-order chi connectivity index (χ0) is 21.3. The molecule has 1 aliphatic rings. The topological polar surface area (TPSA) is 78.0 Å². The summed E-state index contributed by atoms with van der Waals surface area (Å²) in [4.78, 5) is 19.0. The van der Waals surface area contributed by atoms with Gasteiger partial charge in [-0.25, -0.2) is 4.79 Å². The molecular weight excluding hydrogens is 481 g/mol. The van der Waals surface area contributed by atoms with Crippen LogP contribution in [0.5, 0.6) is 0 Å². The van der Waals surface area contributed by atoms with Crippen molar-refractivity contribution in [3.63, 3.8) is 0 Å². The lowest BCUT2D eigenvalue weighted by Gasteiger charge is -2.34. The molecule has 0 radical (unpaired) electrons. The molecule has 1 amide bonds. The van der Waals surface area contributed by atoms with Gasteiger partial charge in [-0.15, -0.1) is 24.0 Å². The number of alkyl carbamates (subject to hydrolysis) is 1. The second-order valence-electron chi connectivity index (χ2n) is 9.56. The number of carbonyl (C=O) groups excluding carboxylic acids is 1. The van der Waals surface area contributed by atoms with E-state index in [4.69, 9.17) is 4.74 Å². The van der Waals surface area contributed by atoms with Crippen LogP contribution in [0.25, 0.3) is 0 Å². The summed E-state index contributed by atoms with van der Waals surface area (Å²) in [6, 6.07) is 0.396. The first-order valence-corrected chi connectivity index (χ1v) is 10.7. The van der Waals surface area contributed by atoms with E-state index < -0.39 is 5.60 Å². The van der Waals surface area contributed by atoms with Gasteiger partial charge in [-0.05, 0) is 45.4 Å². The minimum atomic E-state index is -0.499. The Bertz CT molecular complexity index is 498. The third kappa shape index (κ3) is 12.5. The normalized spacial score (nSPS) is 17.7. The van der Waals surface area contributed by atoms with E-state index in [1.54, 1.807) is 7.05 Å². The molecule has 1 aliphatic heterocycles. The Kier molecular flexibility index (Phi) is 13.2. The Morgan fingerprint density at radius 1 is 1.17 bits per heavy atom. The Morgan fingerprint density at radius 3 is 2.21 bits per heavy atom. The van der Waals surface area contributed by atoms with Gasteiger partial charge in [-0.3, -0.25) is 4.99 Å². The molecule has 1 rings (SSSR count). The van der Waals surface area contributed by atoms with Crippen LogP contribution in [0, 0.1) is 11.8 Å². The van der Waals surface area contributed by atoms with Gasteiger partial charge in [0.05, 0.1) is 6.04 Å². The number of carbonyl (C=O) groups is 1. The summed E-state index contributed by atoms with van der Waals surface area (Å²) in [5, 5.41) is 9.87. The number of halogens is 1. The number of nitrogens with zero attached hydrogens (tertiary/aromatic N) is 2. The van der Waals surface area contributed by atoms with Crippen LogP contribution in [-0.4, -0.2) is 67.9 Å². The summed E-state index contributed by atoms with van der Waals surface area (Å²) in [5.74, 6) is 1.78. The van der Waals surface area contributed by atoms with Gasteiger partial charge >= 0.3 is 6.09 Å². The lowest BCUT2D eigenvalue weighted by molar-refractivity contribution is 0.0491. The van der Waals surface area contributed by atoms with Gasteiger partial charge in [0.1, 0.15) is 5.60 Å². The van der Waals surface area contributed by atoms with Crippen molar-refractivity contribution in [3.05, 3.63) is 0 Å². The molecule has 0 aromatic rings. The molecule has 1 atom stereocenters. The molecule has 1 saturated heterocycles. The summed E-state index contributed by atoms with van der Waals surface area (Å²) in [7, 11) is 1.79. The molecule has 8 heteroatoms. The Hall–Kier alpha value is -0.770. The van der Waals surface area contributed by atoms with Crippen molar-refractivity contribution in [3.8, 4) is 0 Å². The molecule has 1 unspecified atom stereocenters. The summed E-state index contributed by atoms with van der Waals surface area (Å²) in [5.41, 5.74) is -0.499.